The predicted molar refractivity (Wildman–Crippen MR) is 42.7 cm³/mol. The van der Waals surface area contributed by atoms with Crippen LogP contribution in [0.2, 0.25) is 0 Å². The van der Waals surface area contributed by atoms with E-state index in [-0.39, 0.29) is 16.8 Å². The molecule has 0 radical (unpaired) electrons. The molecule has 1 saturated heterocycles. The highest BCUT2D eigenvalue weighted by Gasteiger charge is 2.54. The van der Waals surface area contributed by atoms with Gasteiger partial charge in [0.15, 0.2) is 6.10 Å². The molecule has 1 heterocycles. The molecule has 0 spiro atoms. The van der Waals surface area contributed by atoms with Gasteiger partial charge in [-0.15, -0.1) is 0 Å². The number of esters is 1. The number of aliphatic hydroxyl groups is 2. The summed E-state index contributed by atoms with van der Waals surface area (Å²) in [7, 11) is 0. The summed E-state index contributed by atoms with van der Waals surface area (Å²) in [5.41, 5.74) is 0. The van der Waals surface area contributed by atoms with Gasteiger partial charge in [-0.05, 0) is 6.42 Å². The zero-order valence-electron chi connectivity index (χ0n) is 6.18. The molecule has 2 N–H and O–H groups in total. The Morgan fingerprint density at radius 1 is 1.50 bits per heavy atom. The number of hydrogen-bond donors (Lipinski definition) is 2. The Morgan fingerprint density at radius 2 is 2.17 bits per heavy atom. The van der Waals surface area contributed by atoms with Crippen LogP contribution in [0.25, 0.3) is 0 Å². The predicted octanol–water partition coefficient (Wildman–Crippen LogP) is -0.583. The number of fused-ring (bicyclic) bond motifs is 1. The molecule has 2 aliphatic rings. The zero-order valence-corrected chi connectivity index (χ0v) is 7.77. The second-order valence-corrected chi connectivity index (χ2v) is 4.32. The summed E-state index contributed by atoms with van der Waals surface area (Å²) in [4.78, 5) is 10.6. The summed E-state index contributed by atoms with van der Waals surface area (Å²) < 4.78 is 4.88. The van der Waals surface area contributed by atoms with E-state index >= 15 is 0 Å². The van der Waals surface area contributed by atoms with E-state index in [0.717, 1.165) is 0 Å². The van der Waals surface area contributed by atoms with Gasteiger partial charge in [-0.25, -0.2) is 4.79 Å². The van der Waals surface area contributed by atoms with Crippen molar-refractivity contribution in [2.45, 2.75) is 29.6 Å². The third-order valence-corrected chi connectivity index (χ3v) is 3.65. The number of aliphatic hydroxyl groups excluding tert-OH is 2. The minimum atomic E-state index is -1.05. The Bertz CT molecular complexity index is 219. The van der Waals surface area contributed by atoms with Gasteiger partial charge in [-0.1, -0.05) is 15.9 Å². The van der Waals surface area contributed by atoms with E-state index in [2.05, 4.69) is 15.9 Å². The van der Waals surface area contributed by atoms with Crippen LogP contribution in [0.4, 0.5) is 0 Å². The van der Waals surface area contributed by atoms with Gasteiger partial charge in [-0.3, -0.25) is 0 Å². The lowest BCUT2D eigenvalue weighted by molar-refractivity contribution is -0.147. The molecular formula is C7H9BrO4. The van der Waals surface area contributed by atoms with Gasteiger partial charge in [0.25, 0.3) is 0 Å². The maximum atomic E-state index is 10.9. The van der Waals surface area contributed by atoms with Crippen LogP contribution >= 0.6 is 15.9 Å². The number of alkyl halides is 1. The smallest absolute Gasteiger partial charge is 0.335 e. The highest BCUT2D eigenvalue weighted by atomic mass is 79.9. The van der Waals surface area contributed by atoms with Crippen molar-refractivity contribution in [3.63, 3.8) is 0 Å². The van der Waals surface area contributed by atoms with Gasteiger partial charge < -0.3 is 14.9 Å². The van der Waals surface area contributed by atoms with Crippen LogP contribution in [0.5, 0.6) is 0 Å². The highest BCUT2D eigenvalue weighted by molar-refractivity contribution is 9.09. The van der Waals surface area contributed by atoms with Crippen molar-refractivity contribution in [3.05, 3.63) is 0 Å². The van der Waals surface area contributed by atoms with Crippen molar-refractivity contribution in [1.82, 2.24) is 0 Å². The van der Waals surface area contributed by atoms with Crippen molar-refractivity contribution in [3.8, 4) is 0 Å². The van der Waals surface area contributed by atoms with Gasteiger partial charge in [0.05, 0.1) is 10.9 Å². The van der Waals surface area contributed by atoms with E-state index < -0.39 is 18.2 Å². The van der Waals surface area contributed by atoms with Gasteiger partial charge in [0.1, 0.15) is 6.10 Å². The summed E-state index contributed by atoms with van der Waals surface area (Å²) in [6.45, 7) is 0. The first-order valence-corrected chi connectivity index (χ1v) is 4.73. The van der Waals surface area contributed by atoms with Crippen LogP contribution < -0.4 is 0 Å². The fraction of sp³-hybridized carbons (Fsp3) is 0.857. The molecule has 0 aromatic carbocycles. The maximum Gasteiger partial charge on any atom is 0.335 e. The fourth-order valence-electron chi connectivity index (χ4n) is 1.84. The molecule has 4 nitrogen and oxygen atoms in total. The monoisotopic (exact) mass is 236 g/mol. The van der Waals surface area contributed by atoms with E-state index in [1.807, 2.05) is 0 Å². The topological polar surface area (TPSA) is 66.8 Å². The second kappa shape index (κ2) is 2.68. The van der Waals surface area contributed by atoms with E-state index in [1.165, 1.54) is 0 Å². The summed E-state index contributed by atoms with van der Waals surface area (Å²) in [6, 6.07) is 0. The lowest BCUT2D eigenvalue weighted by Crippen LogP contribution is -2.25. The van der Waals surface area contributed by atoms with Crippen molar-refractivity contribution >= 4 is 21.9 Å². The number of carbonyl (C=O) groups is 1. The Hall–Kier alpha value is -0.130. The molecule has 0 aromatic heterocycles. The molecule has 5 heteroatoms. The van der Waals surface area contributed by atoms with Crippen LogP contribution in [0, 0.1) is 5.92 Å². The molecule has 2 fully saturated rings. The number of ether oxygens (including phenoxy) is 1. The quantitative estimate of drug-likeness (QED) is 0.437. The number of hydrogen-bond acceptors (Lipinski definition) is 4. The van der Waals surface area contributed by atoms with Crippen LogP contribution in [-0.2, 0) is 9.53 Å². The third-order valence-electron chi connectivity index (χ3n) is 2.52. The average Bonchev–Trinajstić information content (AvgIpc) is 2.43. The summed E-state index contributed by atoms with van der Waals surface area (Å²) in [5.74, 6) is -0.807. The maximum absolute atomic E-state index is 10.9. The van der Waals surface area contributed by atoms with Crippen molar-refractivity contribution in [2.75, 3.05) is 0 Å². The van der Waals surface area contributed by atoms with Gasteiger partial charge in [0.2, 0.25) is 0 Å². The second-order valence-electron chi connectivity index (χ2n) is 3.26. The third kappa shape index (κ3) is 1.000. The largest absolute Gasteiger partial charge is 0.459 e. The van der Waals surface area contributed by atoms with E-state index in [4.69, 9.17) is 4.74 Å². The molecule has 0 aromatic rings. The Kier molecular flexibility index (Phi) is 1.89. The molecule has 2 rings (SSSR count). The summed E-state index contributed by atoms with van der Waals surface area (Å²) >= 11 is 3.23. The summed E-state index contributed by atoms with van der Waals surface area (Å²) in [5, 5.41) is 18.7. The Balaban J connectivity index is 2.19. The molecule has 0 unspecified atom stereocenters. The minimum Gasteiger partial charge on any atom is -0.459 e. The van der Waals surface area contributed by atoms with Crippen molar-refractivity contribution in [1.29, 1.82) is 0 Å². The number of rotatable bonds is 0. The summed E-state index contributed by atoms with van der Waals surface area (Å²) in [6.07, 6.45) is -1.51. The lowest BCUT2D eigenvalue weighted by Gasteiger charge is -2.12. The van der Waals surface area contributed by atoms with Gasteiger partial charge in [-0.2, -0.15) is 0 Å². The molecule has 12 heavy (non-hydrogen) atoms. The Labute approximate surface area is 77.6 Å². The number of carbonyl (C=O) groups excluding carboxylic acids is 1. The first-order valence-electron chi connectivity index (χ1n) is 3.82. The normalized spacial score (nSPS) is 52.2. The molecule has 0 bridgehead atoms. The first kappa shape index (κ1) is 8.47. The van der Waals surface area contributed by atoms with Gasteiger partial charge >= 0.3 is 5.97 Å². The number of halogens is 1. The fourth-order valence-corrected chi connectivity index (χ4v) is 2.55. The van der Waals surface area contributed by atoms with Crippen LogP contribution in [0.3, 0.4) is 0 Å². The molecular weight excluding hydrogens is 228 g/mol. The average molecular weight is 237 g/mol. The van der Waals surface area contributed by atoms with Crippen molar-refractivity contribution < 1.29 is 19.7 Å². The van der Waals surface area contributed by atoms with Crippen LogP contribution in [-0.4, -0.2) is 39.3 Å². The van der Waals surface area contributed by atoms with Crippen LogP contribution in [0.15, 0.2) is 0 Å². The molecule has 0 amide bonds. The van der Waals surface area contributed by atoms with E-state index in [0.29, 0.717) is 6.42 Å². The minimum absolute atomic E-state index is 0.233. The lowest BCUT2D eigenvalue weighted by atomic mass is 10.0. The molecule has 1 aliphatic heterocycles. The van der Waals surface area contributed by atoms with E-state index in [1.54, 1.807) is 0 Å². The standard InChI is InChI=1S/C7H9BrO4/c8-4-3(9)1-2-5(10)7(11)12-6(2)4/h2-6,9-10H,1H2/t2-,3-,4+,5+,6+/m0/s1. The highest BCUT2D eigenvalue weighted by Crippen LogP contribution is 2.40. The SMILES string of the molecule is O=C1O[C@H]2[C@H](Br)[C@@H](O)C[C@H]2[C@H]1O. The van der Waals surface area contributed by atoms with Gasteiger partial charge in [0, 0.05) is 5.92 Å². The zero-order chi connectivity index (χ0) is 8.88. The Morgan fingerprint density at radius 3 is 2.75 bits per heavy atom. The molecule has 68 valence electrons. The molecule has 1 aliphatic carbocycles. The van der Waals surface area contributed by atoms with Crippen LogP contribution in [0.1, 0.15) is 6.42 Å². The first-order chi connectivity index (χ1) is 5.61. The molecule has 1 saturated carbocycles. The molecule has 5 atom stereocenters. The van der Waals surface area contributed by atoms with E-state index in [9.17, 15) is 15.0 Å². The van der Waals surface area contributed by atoms with Crippen molar-refractivity contribution in [2.24, 2.45) is 5.92 Å².